The maximum Gasteiger partial charge on any atom is 0.197 e. The molecule has 88 valence electrons. The van der Waals surface area contributed by atoms with E-state index in [0.717, 1.165) is 0 Å². The van der Waals surface area contributed by atoms with E-state index in [9.17, 15) is 9.50 Å². The van der Waals surface area contributed by atoms with Crippen molar-refractivity contribution in [2.24, 2.45) is 5.73 Å². The summed E-state index contributed by atoms with van der Waals surface area (Å²) in [5.74, 6) is -0.248. The number of aliphatic hydroxyl groups excluding tert-OH is 1. The molecule has 1 aliphatic heterocycles. The molecular weight excluding hydrogens is 281 g/mol. The molecule has 2 rings (SSSR count). The van der Waals surface area contributed by atoms with Gasteiger partial charge in [-0.1, -0.05) is 15.9 Å². The zero-order valence-electron chi connectivity index (χ0n) is 8.37. The Labute approximate surface area is 100 Å². The Morgan fingerprint density at radius 2 is 2.19 bits per heavy atom. The van der Waals surface area contributed by atoms with Crippen LogP contribution in [-0.2, 0) is 0 Å². The van der Waals surface area contributed by atoms with Gasteiger partial charge in [-0.05, 0) is 6.07 Å². The Bertz CT molecular complexity index is 414. The van der Waals surface area contributed by atoms with Crippen LogP contribution in [0.15, 0.2) is 10.5 Å². The summed E-state index contributed by atoms with van der Waals surface area (Å²) in [6.45, 7) is 0.622. The van der Waals surface area contributed by atoms with Gasteiger partial charge in [-0.25, -0.2) is 4.39 Å². The summed E-state index contributed by atoms with van der Waals surface area (Å²) in [6, 6.07) is 1.58. The van der Waals surface area contributed by atoms with Gasteiger partial charge in [0.15, 0.2) is 17.3 Å². The van der Waals surface area contributed by atoms with Crippen LogP contribution >= 0.6 is 15.9 Å². The van der Waals surface area contributed by atoms with Crippen LogP contribution in [0, 0.1) is 5.82 Å². The predicted molar refractivity (Wildman–Crippen MR) is 59.1 cm³/mol. The van der Waals surface area contributed by atoms with Gasteiger partial charge in [-0.2, -0.15) is 0 Å². The number of hydrogen-bond acceptors (Lipinski definition) is 4. The number of benzene rings is 1. The Kier molecular flexibility index (Phi) is 3.32. The fourth-order valence-corrected chi connectivity index (χ4v) is 2.20. The summed E-state index contributed by atoms with van der Waals surface area (Å²) in [5, 5.41) is 9.60. The molecule has 0 saturated carbocycles. The van der Waals surface area contributed by atoms with Crippen molar-refractivity contribution in [1.29, 1.82) is 0 Å². The molecule has 16 heavy (non-hydrogen) atoms. The van der Waals surface area contributed by atoms with Gasteiger partial charge in [0.1, 0.15) is 13.2 Å². The highest BCUT2D eigenvalue weighted by molar-refractivity contribution is 9.10. The lowest BCUT2D eigenvalue weighted by molar-refractivity contribution is 0.155. The largest absolute Gasteiger partial charge is 0.486 e. The molecule has 0 spiro atoms. The van der Waals surface area contributed by atoms with Gasteiger partial charge in [0.25, 0.3) is 0 Å². The van der Waals surface area contributed by atoms with Crippen LogP contribution in [-0.4, -0.2) is 24.9 Å². The van der Waals surface area contributed by atoms with Crippen molar-refractivity contribution >= 4 is 15.9 Å². The fraction of sp³-hybridized carbons (Fsp3) is 0.400. The van der Waals surface area contributed by atoms with Gasteiger partial charge < -0.3 is 20.3 Å². The average molecular weight is 292 g/mol. The van der Waals surface area contributed by atoms with E-state index in [2.05, 4.69) is 15.9 Å². The first-order valence-corrected chi connectivity index (χ1v) is 5.60. The third-order valence-corrected chi connectivity index (χ3v) is 2.97. The fourth-order valence-electron chi connectivity index (χ4n) is 1.55. The van der Waals surface area contributed by atoms with Gasteiger partial charge in [0.2, 0.25) is 0 Å². The van der Waals surface area contributed by atoms with Crippen molar-refractivity contribution in [3.63, 3.8) is 0 Å². The van der Waals surface area contributed by atoms with Crippen LogP contribution in [0.4, 0.5) is 4.39 Å². The summed E-state index contributed by atoms with van der Waals surface area (Å²) in [7, 11) is 0. The lowest BCUT2D eigenvalue weighted by Gasteiger charge is -2.22. The molecule has 1 unspecified atom stereocenters. The molecule has 1 aromatic rings. The van der Waals surface area contributed by atoms with Crippen molar-refractivity contribution in [2.45, 2.75) is 6.10 Å². The van der Waals surface area contributed by atoms with E-state index in [1.807, 2.05) is 0 Å². The molecule has 6 heteroatoms. The lowest BCUT2D eigenvalue weighted by Crippen LogP contribution is -2.19. The number of hydrogen-bond donors (Lipinski definition) is 2. The van der Waals surface area contributed by atoms with E-state index in [1.54, 1.807) is 6.07 Å². The molecule has 0 radical (unpaired) electrons. The molecule has 0 fully saturated rings. The molecule has 4 nitrogen and oxygen atoms in total. The number of fused-ring (bicyclic) bond motifs is 1. The summed E-state index contributed by atoms with van der Waals surface area (Å²) < 4.78 is 24.8. The van der Waals surface area contributed by atoms with Crippen molar-refractivity contribution in [3.05, 3.63) is 21.9 Å². The number of halogens is 2. The van der Waals surface area contributed by atoms with Crippen LogP contribution in [0.5, 0.6) is 11.5 Å². The second kappa shape index (κ2) is 4.57. The van der Waals surface area contributed by atoms with Gasteiger partial charge >= 0.3 is 0 Å². The number of ether oxygens (including phenoxy) is 2. The Balaban J connectivity index is 2.54. The van der Waals surface area contributed by atoms with Crippen LogP contribution in [0.25, 0.3) is 0 Å². The number of nitrogens with two attached hydrogens (primary N) is 1. The van der Waals surface area contributed by atoms with E-state index >= 15 is 0 Å². The molecule has 0 aromatic heterocycles. The monoisotopic (exact) mass is 291 g/mol. The van der Waals surface area contributed by atoms with E-state index in [-0.39, 0.29) is 17.9 Å². The van der Waals surface area contributed by atoms with Crippen molar-refractivity contribution in [1.82, 2.24) is 0 Å². The molecule has 3 N–H and O–H groups in total. The molecule has 1 aromatic carbocycles. The highest BCUT2D eigenvalue weighted by Crippen LogP contribution is 2.40. The Hall–Kier alpha value is -0.850. The average Bonchev–Trinajstić information content (AvgIpc) is 2.28. The Morgan fingerprint density at radius 3 is 2.88 bits per heavy atom. The van der Waals surface area contributed by atoms with Crippen molar-refractivity contribution < 1.29 is 19.0 Å². The quantitative estimate of drug-likeness (QED) is 0.863. The molecule has 1 heterocycles. The molecule has 0 aliphatic carbocycles. The van der Waals surface area contributed by atoms with E-state index in [0.29, 0.717) is 23.4 Å². The van der Waals surface area contributed by atoms with Gasteiger partial charge in [-0.3, -0.25) is 0 Å². The number of rotatable bonds is 2. The Morgan fingerprint density at radius 1 is 1.50 bits per heavy atom. The predicted octanol–water partition coefficient (Wildman–Crippen LogP) is 1.35. The van der Waals surface area contributed by atoms with E-state index in [1.165, 1.54) is 0 Å². The molecule has 1 aliphatic rings. The first kappa shape index (κ1) is 11.6. The van der Waals surface area contributed by atoms with E-state index < -0.39 is 11.9 Å². The molecule has 0 amide bonds. The third-order valence-electron chi connectivity index (χ3n) is 2.32. The minimum Gasteiger partial charge on any atom is -0.486 e. The van der Waals surface area contributed by atoms with E-state index in [4.69, 9.17) is 15.2 Å². The first-order valence-electron chi connectivity index (χ1n) is 4.80. The third kappa shape index (κ3) is 1.88. The van der Waals surface area contributed by atoms with Crippen molar-refractivity contribution in [2.75, 3.05) is 19.8 Å². The summed E-state index contributed by atoms with van der Waals surface area (Å²) in [4.78, 5) is 0. The van der Waals surface area contributed by atoms with Crippen LogP contribution < -0.4 is 15.2 Å². The second-order valence-electron chi connectivity index (χ2n) is 3.36. The lowest BCUT2D eigenvalue weighted by atomic mass is 10.1. The maximum absolute atomic E-state index is 14.0. The first-order chi connectivity index (χ1) is 7.65. The summed E-state index contributed by atoms with van der Waals surface area (Å²) in [6.07, 6.45) is -1.06. The molecular formula is C10H11BrFNO3. The standard InChI is InChI=1S/C10H11BrFNO3/c11-5-3-7-10(16-2-1-15-7)9(12)8(5)6(14)4-13/h3,6,14H,1-2,4,13H2. The zero-order valence-corrected chi connectivity index (χ0v) is 9.96. The zero-order chi connectivity index (χ0) is 11.7. The van der Waals surface area contributed by atoms with Gasteiger partial charge in [0.05, 0.1) is 6.10 Å². The molecule has 0 bridgehead atoms. The van der Waals surface area contributed by atoms with Crippen LogP contribution in [0.1, 0.15) is 11.7 Å². The second-order valence-corrected chi connectivity index (χ2v) is 4.22. The van der Waals surface area contributed by atoms with Crippen LogP contribution in [0.2, 0.25) is 0 Å². The summed E-state index contributed by atoms with van der Waals surface area (Å²) >= 11 is 3.18. The van der Waals surface area contributed by atoms with Crippen LogP contribution in [0.3, 0.4) is 0 Å². The van der Waals surface area contributed by atoms with Gasteiger partial charge in [0, 0.05) is 16.6 Å². The molecule has 0 saturated heterocycles. The highest BCUT2D eigenvalue weighted by Gasteiger charge is 2.25. The minimum atomic E-state index is -1.06. The maximum atomic E-state index is 14.0. The smallest absolute Gasteiger partial charge is 0.197 e. The topological polar surface area (TPSA) is 64.7 Å². The SMILES string of the molecule is NCC(O)c1c(Br)cc2c(c1F)OCCO2. The number of aliphatic hydroxyl groups is 1. The highest BCUT2D eigenvalue weighted by atomic mass is 79.9. The van der Waals surface area contributed by atoms with Crippen molar-refractivity contribution in [3.8, 4) is 11.5 Å². The minimum absolute atomic E-state index is 0.0388. The molecule has 1 atom stereocenters. The summed E-state index contributed by atoms with van der Waals surface area (Å²) in [5.41, 5.74) is 5.41. The normalized spacial score (nSPS) is 16.0. The van der Waals surface area contributed by atoms with Gasteiger partial charge in [-0.15, -0.1) is 0 Å².